The van der Waals surface area contributed by atoms with Gasteiger partial charge in [0, 0.05) is 24.6 Å². The van der Waals surface area contributed by atoms with E-state index < -0.39 is 17.1 Å². The average Bonchev–Trinajstić information content (AvgIpc) is 2.93. The topological polar surface area (TPSA) is 57.6 Å². The molecule has 0 spiro atoms. The van der Waals surface area contributed by atoms with Crippen molar-refractivity contribution in [1.29, 1.82) is 0 Å². The molecule has 0 bridgehead atoms. The summed E-state index contributed by atoms with van der Waals surface area (Å²) in [4.78, 5) is 27.4. The van der Waals surface area contributed by atoms with E-state index in [0.29, 0.717) is 0 Å². The summed E-state index contributed by atoms with van der Waals surface area (Å²) >= 11 is 0. The minimum atomic E-state index is -0.695. The Labute approximate surface area is 224 Å². The molecule has 1 amide bonds. The maximum atomic E-state index is 13.3. The van der Waals surface area contributed by atoms with Crippen molar-refractivity contribution in [3.63, 3.8) is 0 Å². The molecule has 0 saturated heterocycles. The van der Waals surface area contributed by atoms with Crippen LogP contribution in [0.3, 0.4) is 0 Å². The molecule has 38 heavy (non-hydrogen) atoms. The summed E-state index contributed by atoms with van der Waals surface area (Å²) in [6, 6.07) is 36.3. The third-order valence-corrected chi connectivity index (χ3v) is 6.38. The van der Waals surface area contributed by atoms with Crippen LogP contribution < -0.4 is 0 Å². The minimum Gasteiger partial charge on any atom is -0.503 e. The van der Waals surface area contributed by atoms with Gasteiger partial charge in [0.25, 0.3) is 5.91 Å². The highest BCUT2D eigenvalue weighted by Gasteiger charge is 2.24. The van der Waals surface area contributed by atoms with Crippen molar-refractivity contribution in [2.75, 3.05) is 0 Å². The summed E-state index contributed by atoms with van der Waals surface area (Å²) in [7, 11) is 0. The van der Waals surface area contributed by atoms with Crippen LogP contribution in [-0.2, 0) is 22.7 Å². The molecular weight excluding hydrogens is 470 g/mol. The Morgan fingerprint density at radius 1 is 0.632 bits per heavy atom. The van der Waals surface area contributed by atoms with Gasteiger partial charge in [0.15, 0.2) is 11.5 Å². The van der Waals surface area contributed by atoms with Crippen LogP contribution in [0.15, 0.2) is 121 Å². The number of hydrogen-bond donors (Lipinski definition) is 1. The van der Waals surface area contributed by atoms with E-state index in [9.17, 15) is 14.7 Å². The van der Waals surface area contributed by atoms with Gasteiger partial charge in [0.1, 0.15) is 0 Å². The Morgan fingerprint density at radius 3 is 1.37 bits per heavy atom. The quantitative estimate of drug-likeness (QED) is 0.199. The van der Waals surface area contributed by atoms with E-state index in [1.807, 2.05) is 84.9 Å². The Morgan fingerprint density at radius 2 is 1.00 bits per heavy atom. The molecule has 0 heterocycles. The maximum Gasteiger partial charge on any atom is 0.289 e. The number of allylic oxidation sites excluding steroid dienone is 1. The van der Waals surface area contributed by atoms with Crippen molar-refractivity contribution in [1.82, 2.24) is 4.90 Å². The fraction of sp³-hybridized carbons (Fsp3) is 0.176. The van der Waals surface area contributed by atoms with Crippen LogP contribution in [-0.4, -0.2) is 21.7 Å². The third-order valence-electron chi connectivity index (χ3n) is 6.38. The van der Waals surface area contributed by atoms with Gasteiger partial charge < -0.3 is 10.0 Å². The molecule has 1 N–H and O–H groups in total. The van der Waals surface area contributed by atoms with Crippen molar-refractivity contribution >= 4 is 11.7 Å². The van der Waals surface area contributed by atoms with Gasteiger partial charge in [-0.05, 0) is 33.4 Å². The van der Waals surface area contributed by atoms with Crippen LogP contribution in [0.25, 0.3) is 22.3 Å². The number of benzene rings is 4. The van der Waals surface area contributed by atoms with Crippen LogP contribution in [0.2, 0.25) is 0 Å². The van der Waals surface area contributed by atoms with Gasteiger partial charge in [0.2, 0.25) is 0 Å². The lowest BCUT2D eigenvalue weighted by Gasteiger charge is -2.23. The van der Waals surface area contributed by atoms with Gasteiger partial charge in [-0.15, -0.1) is 0 Å². The molecule has 192 valence electrons. The number of ketones is 1. The van der Waals surface area contributed by atoms with E-state index in [0.717, 1.165) is 39.5 Å². The summed E-state index contributed by atoms with van der Waals surface area (Å²) in [5, 5.41) is 10.6. The molecular formula is C34H33NO3. The Hall–Kier alpha value is -4.44. The molecule has 0 fully saturated rings. The zero-order valence-corrected chi connectivity index (χ0v) is 22.1. The number of nitrogens with zero attached hydrogens (tertiary/aromatic N) is 1. The number of carbonyl (C=O) groups excluding carboxylic acids is 2. The van der Waals surface area contributed by atoms with Gasteiger partial charge in [-0.2, -0.15) is 0 Å². The molecule has 4 rings (SSSR count). The first kappa shape index (κ1) is 26.6. The normalized spacial score (nSPS) is 11.7. The Kier molecular flexibility index (Phi) is 8.22. The molecule has 4 nitrogen and oxygen atoms in total. The molecule has 4 aromatic rings. The molecule has 0 aliphatic rings. The van der Waals surface area contributed by atoms with Gasteiger partial charge in [-0.1, -0.05) is 130 Å². The predicted octanol–water partition coefficient (Wildman–Crippen LogP) is 7.61. The molecule has 0 aliphatic heterocycles. The first-order valence-corrected chi connectivity index (χ1v) is 12.7. The number of aliphatic hydroxyl groups excluding tert-OH is 1. The van der Waals surface area contributed by atoms with Gasteiger partial charge in [0.05, 0.1) is 0 Å². The molecule has 0 radical (unpaired) electrons. The zero-order chi connectivity index (χ0) is 27.1. The number of aliphatic hydroxyl groups is 1. The maximum absolute atomic E-state index is 13.3. The molecule has 0 saturated carbocycles. The van der Waals surface area contributed by atoms with E-state index in [1.165, 1.54) is 0 Å². The van der Waals surface area contributed by atoms with Crippen LogP contribution in [0.4, 0.5) is 0 Å². The van der Waals surface area contributed by atoms with Crippen molar-refractivity contribution in [2.24, 2.45) is 5.41 Å². The first-order valence-electron chi connectivity index (χ1n) is 12.7. The fourth-order valence-electron chi connectivity index (χ4n) is 4.07. The largest absolute Gasteiger partial charge is 0.503 e. The van der Waals surface area contributed by atoms with Crippen molar-refractivity contribution < 1.29 is 14.7 Å². The molecule has 0 unspecified atom stereocenters. The van der Waals surface area contributed by atoms with E-state index >= 15 is 0 Å². The van der Waals surface area contributed by atoms with Crippen LogP contribution in [0, 0.1) is 5.41 Å². The SMILES string of the molecule is CC(C)(C)C(=O)/C=C(\O)C(=O)N(Cc1ccc(-c2ccccc2)cc1)Cc1ccc(-c2ccccc2)cc1. The number of carbonyl (C=O) groups is 2. The van der Waals surface area contributed by atoms with Crippen LogP contribution in [0.5, 0.6) is 0 Å². The van der Waals surface area contributed by atoms with E-state index in [1.54, 1.807) is 25.7 Å². The molecule has 4 heteroatoms. The second kappa shape index (κ2) is 11.7. The fourth-order valence-corrected chi connectivity index (χ4v) is 4.07. The molecule has 0 aromatic heterocycles. The predicted molar refractivity (Wildman–Crippen MR) is 153 cm³/mol. The highest BCUT2D eigenvalue weighted by molar-refractivity contribution is 6.02. The highest BCUT2D eigenvalue weighted by atomic mass is 16.3. The summed E-state index contributed by atoms with van der Waals surface area (Å²) in [6.45, 7) is 5.84. The third kappa shape index (κ3) is 6.86. The van der Waals surface area contributed by atoms with Gasteiger partial charge in [-0.3, -0.25) is 9.59 Å². The molecule has 0 aliphatic carbocycles. The van der Waals surface area contributed by atoms with Crippen molar-refractivity contribution in [2.45, 2.75) is 33.9 Å². The van der Waals surface area contributed by atoms with E-state index in [2.05, 4.69) is 24.3 Å². The first-order chi connectivity index (χ1) is 18.2. The lowest BCUT2D eigenvalue weighted by atomic mass is 9.90. The highest BCUT2D eigenvalue weighted by Crippen LogP contribution is 2.23. The van der Waals surface area contributed by atoms with Crippen molar-refractivity contribution in [3.8, 4) is 22.3 Å². The Bertz CT molecular complexity index is 1310. The zero-order valence-electron chi connectivity index (χ0n) is 22.1. The summed E-state index contributed by atoms with van der Waals surface area (Å²) < 4.78 is 0. The standard InChI is InChI=1S/C34H33NO3/c1-34(2,3)32(37)22-31(36)33(38)35(23-25-14-18-29(19-15-25)27-10-6-4-7-11-27)24-26-16-20-30(21-17-26)28-12-8-5-9-13-28/h4-22,36H,23-24H2,1-3H3/b31-22-. The second-order valence-electron chi connectivity index (χ2n) is 10.4. The number of hydrogen-bond acceptors (Lipinski definition) is 3. The smallest absolute Gasteiger partial charge is 0.289 e. The molecule has 4 aromatic carbocycles. The van der Waals surface area contributed by atoms with Crippen LogP contribution in [0.1, 0.15) is 31.9 Å². The van der Waals surface area contributed by atoms with E-state index in [4.69, 9.17) is 0 Å². The van der Waals surface area contributed by atoms with Gasteiger partial charge in [-0.25, -0.2) is 0 Å². The number of rotatable bonds is 8. The Balaban J connectivity index is 1.58. The lowest BCUT2D eigenvalue weighted by Crippen LogP contribution is -2.32. The number of amides is 1. The average molecular weight is 504 g/mol. The van der Waals surface area contributed by atoms with Gasteiger partial charge >= 0.3 is 0 Å². The second-order valence-corrected chi connectivity index (χ2v) is 10.4. The monoisotopic (exact) mass is 503 g/mol. The minimum absolute atomic E-state index is 0.288. The molecule has 0 atom stereocenters. The summed E-state index contributed by atoms with van der Waals surface area (Å²) in [5.41, 5.74) is 5.56. The van der Waals surface area contributed by atoms with Crippen LogP contribution >= 0.6 is 0 Å². The van der Waals surface area contributed by atoms with Crippen molar-refractivity contribution in [3.05, 3.63) is 132 Å². The summed E-state index contributed by atoms with van der Waals surface area (Å²) in [5.74, 6) is -1.43. The lowest BCUT2D eigenvalue weighted by molar-refractivity contribution is -0.131. The van der Waals surface area contributed by atoms with E-state index in [-0.39, 0.29) is 18.9 Å². The summed E-state index contributed by atoms with van der Waals surface area (Å²) in [6.07, 6.45) is 1.05.